The zero-order valence-corrected chi connectivity index (χ0v) is 27.5. The summed E-state index contributed by atoms with van der Waals surface area (Å²) in [5.74, 6) is 0.377. The molecule has 0 amide bonds. The largest absolute Gasteiger partial charge is 0.418 e. The number of alkyl halides is 4. The summed E-state index contributed by atoms with van der Waals surface area (Å²) in [5, 5.41) is 0. The van der Waals surface area contributed by atoms with Gasteiger partial charge in [-0.05, 0) is 81.3 Å². The molecule has 2 atom stereocenters. The summed E-state index contributed by atoms with van der Waals surface area (Å²) in [4.78, 5) is 18.2. The molecule has 3 aliphatic rings. The van der Waals surface area contributed by atoms with Crippen molar-refractivity contribution >= 4 is 5.52 Å². The molecule has 1 aromatic carbocycles. The molecule has 0 radical (unpaired) electrons. The van der Waals surface area contributed by atoms with Crippen LogP contribution < -0.4 is 16.5 Å². The van der Waals surface area contributed by atoms with Crippen LogP contribution in [0, 0.1) is 5.92 Å². The number of halogens is 4. The molecule has 2 aliphatic heterocycles. The van der Waals surface area contributed by atoms with Gasteiger partial charge in [-0.2, -0.15) is 13.2 Å². The minimum Gasteiger partial charge on any atom is -0.299 e. The van der Waals surface area contributed by atoms with Gasteiger partial charge in [0.05, 0.1) is 29.1 Å². The van der Waals surface area contributed by atoms with Gasteiger partial charge in [0, 0.05) is 37.4 Å². The molecule has 3 fully saturated rings. The van der Waals surface area contributed by atoms with E-state index in [1.54, 1.807) is 13.0 Å². The van der Waals surface area contributed by atoms with Crippen LogP contribution in [0.5, 0.6) is 0 Å². The number of unbranched alkanes of at least 4 members (excludes halogenated alkanes) is 1. The van der Waals surface area contributed by atoms with E-state index in [0.29, 0.717) is 49.8 Å². The Hall–Kier alpha value is -2.73. The van der Waals surface area contributed by atoms with Crippen LogP contribution in [0.25, 0.3) is 11.2 Å². The first-order valence-electron chi connectivity index (χ1n) is 16.9. The van der Waals surface area contributed by atoms with E-state index in [0.717, 1.165) is 61.0 Å². The van der Waals surface area contributed by atoms with Crippen LogP contribution in [0.2, 0.25) is 0 Å². The summed E-state index contributed by atoms with van der Waals surface area (Å²) in [6, 6.07) is 9.00. The Morgan fingerprint density at radius 2 is 1.78 bits per heavy atom. The van der Waals surface area contributed by atoms with Crippen molar-refractivity contribution < 1.29 is 17.6 Å². The standard InChI is InChI=1S/C35H48F4N6O/c1-5-7-10-26(6-2)34(41-40-24-42(34)4)33(13-9-14-33)27-11-8-12-28(20-27)44-23-30-29(35(37,38)39)19-25(22-45(30)31(44)46)21-43-17-15-32(3,36)16-18-43/h8,11-12,19-20,22-23,26,40-41H,5-7,9-10,13-18,21,24H2,1-4H3/t26-,34?/m1/s1. The van der Waals surface area contributed by atoms with Crippen molar-refractivity contribution in [1.29, 1.82) is 0 Å². The minimum atomic E-state index is -4.65. The number of hydrazine groups is 1. The number of likely N-dealkylation sites (N-methyl/N-ethyl adjacent to an activating group) is 1. The lowest BCUT2D eigenvalue weighted by molar-refractivity contribution is -0.136. The van der Waals surface area contributed by atoms with Crippen LogP contribution in [0.3, 0.4) is 0 Å². The molecule has 6 rings (SSSR count). The monoisotopic (exact) mass is 644 g/mol. The summed E-state index contributed by atoms with van der Waals surface area (Å²) in [5.41, 5.74) is 5.79. The summed E-state index contributed by atoms with van der Waals surface area (Å²) in [7, 11) is 2.16. The van der Waals surface area contributed by atoms with Gasteiger partial charge in [0.2, 0.25) is 0 Å². The number of likely N-dealkylation sites (tertiary alicyclic amines) is 1. The molecule has 2 saturated heterocycles. The maximum atomic E-state index is 14.4. The summed E-state index contributed by atoms with van der Waals surface area (Å²) < 4.78 is 60.2. The van der Waals surface area contributed by atoms with E-state index in [-0.39, 0.29) is 23.1 Å². The molecule has 7 nitrogen and oxygen atoms in total. The highest BCUT2D eigenvalue weighted by molar-refractivity contribution is 5.58. The maximum absolute atomic E-state index is 14.4. The zero-order valence-electron chi connectivity index (χ0n) is 27.5. The Bertz CT molecular complexity index is 1600. The molecule has 1 unspecified atom stereocenters. The molecule has 46 heavy (non-hydrogen) atoms. The number of pyridine rings is 1. The first-order valence-corrected chi connectivity index (χ1v) is 16.9. The Kier molecular flexibility index (Phi) is 8.93. The normalized spacial score (nSPS) is 24.3. The molecule has 1 saturated carbocycles. The number of fused-ring (bicyclic) bond motifs is 1. The molecule has 11 heteroatoms. The van der Waals surface area contributed by atoms with E-state index >= 15 is 0 Å². The second-order valence-corrected chi connectivity index (χ2v) is 14.1. The fourth-order valence-corrected chi connectivity index (χ4v) is 8.51. The molecular formula is C35H48F4N6O. The fraction of sp³-hybridized carbons (Fsp3) is 0.629. The van der Waals surface area contributed by atoms with Crippen LogP contribution in [0.15, 0.2) is 47.5 Å². The highest BCUT2D eigenvalue weighted by Gasteiger charge is 2.62. The molecule has 0 spiro atoms. The lowest BCUT2D eigenvalue weighted by Gasteiger charge is -2.60. The molecule has 2 aromatic heterocycles. The molecule has 4 heterocycles. The molecular weight excluding hydrogens is 596 g/mol. The molecule has 3 aromatic rings. The van der Waals surface area contributed by atoms with Crippen molar-refractivity contribution in [3.05, 3.63) is 69.9 Å². The van der Waals surface area contributed by atoms with E-state index < -0.39 is 23.1 Å². The first kappa shape index (κ1) is 33.2. The average Bonchev–Trinajstić information content (AvgIpc) is 3.53. The zero-order chi connectivity index (χ0) is 32.9. The number of nitrogens with one attached hydrogen (secondary N) is 2. The van der Waals surface area contributed by atoms with Gasteiger partial charge in [0.25, 0.3) is 0 Å². The molecule has 0 bridgehead atoms. The predicted octanol–water partition coefficient (Wildman–Crippen LogP) is 6.76. The number of aromatic nitrogens is 2. The smallest absolute Gasteiger partial charge is 0.299 e. The van der Waals surface area contributed by atoms with Gasteiger partial charge >= 0.3 is 11.9 Å². The van der Waals surface area contributed by atoms with Crippen molar-refractivity contribution in [3.63, 3.8) is 0 Å². The van der Waals surface area contributed by atoms with Crippen molar-refractivity contribution in [2.45, 2.75) is 108 Å². The molecule has 2 N–H and O–H groups in total. The van der Waals surface area contributed by atoms with Gasteiger partial charge < -0.3 is 0 Å². The maximum Gasteiger partial charge on any atom is 0.418 e. The van der Waals surface area contributed by atoms with Crippen molar-refractivity contribution in [2.75, 3.05) is 26.8 Å². The highest BCUT2D eigenvalue weighted by atomic mass is 19.4. The van der Waals surface area contributed by atoms with Crippen molar-refractivity contribution in [1.82, 2.24) is 29.6 Å². The summed E-state index contributed by atoms with van der Waals surface area (Å²) in [6.07, 6.45) is 6.24. The summed E-state index contributed by atoms with van der Waals surface area (Å²) >= 11 is 0. The highest BCUT2D eigenvalue weighted by Crippen LogP contribution is 2.57. The third kappa shape index (κ3) is 5.61. The van der Waals surface area contributed by atoms with Crippen LogP contribution in [-0.4, -0.2) is 56.9 Å². The number of hydrogen-bond donors (Lipinski definition) is 2. The van der Waals surface area contributed by atoms with Gasteiger partial charge in [-0.1, -0.05) is 51.7 Å². The van der Waals surface area contributed by atoms with Gasteiger partial charge in [0.1, 0.15) is 5.67 Å². The lowest BCUT2D eigenvalue weighted by atomic mass is 9.53. The Labute approximate surface area is 268 Å². The number of imidazole rings is 1. The third-order valence-corrected chi connectivity index (χ3v) is 11.2. The van der Waals surface area contributed by atoms with Crippen LogP contribution in [-0.2, 0) is 18.1 Å². The summed E-state index contributed by atoms with van der Waals surface area (Å²) in [6.45, 7) is 7.87. The van der Waals surface area contributed by atoms with Gasteiger partial charge in [-0.15, -0.1) is 0 Å². The van der Waals surface area contributed by atoms with Gasteiger partial charge in [-0.25, -0.2) is 20.0 Å². The van der Waals surface area contributed by atoms with E-state index in [2.05, 4.69) is 42.7 Å². The SMILES string of the molecule is CCCC[C@@H](CC)C1(C2(c3cccc(-n4cc5c(C(F)(F)F)cc(CN6CCC(C)(F)CC6)cn5c4=O)c3)CCC2)NNCN1C. The Balaban J connectivity index is 1.41. The number of hydrogen-bond acceptors (Lipinski definition) is 5. The predicted molar refractivity (Wildman–Crippen MR) is 172 cm³/mol. The Morgan fingerprint density at radius 3 is 2.37 bits per heavy atom. The average molecular weight is 645 g/mol. The van der Waals surface area contributed by atoms with Gasteiger partial charge in [-0.3, -0.25) is 18.8 Å². The fourth-order valence-electron chi connectivity index (χ4n) is 8.51. The quantitative estimate of drug-likeness (QED) is 0.239. The Morgan fingerprint density at radius 1 is 1.04 bits per heavy atom. The van der Waals surface area contributed by atoms with E-state index in [9.17, 15) is 22.4 Å². The van der Waals surface area contributed by atoms with Crippen LogP contribution >= 0.6 is 0 Å². The number of benzene rings is 1. The van der Waals surface area contributed by atoms with E-state index in [4.69, 9.17) is 0 Å². The molecule has 1 aliphatic carbocycles. The van der Waals surface area contributed by atoms with Crippen LogP contribution in [0.1, 0.15) is 95.2 Å². The van der Waals surface area contributed by atoms with Crippen LogP contribution in [0.4, 0.5) is 17.6 Å². The van der Waals surface area contributed by atoms with Crippen molar-refractivity contribution in [3.8, 4) is 5.69 Å². The topological polar surface area (TPSA) is 57.0 Å². The second-order valence-electron chi connectivity index (χ2n) is 14.1. The van der Waals surface area contributed by atoms with Crippen molar-refractivity contribution in [2.24, 2.45) is 5.92 Å². The van der Waals surface area contributed by atoms with E-state index in [1.165, 1.54) is 17.0 Å². The number of piperidine rings is 1. The minimum absolute atomic E-state index is 0.177. The lowest BCUT2D eigenvalue weighted by Crippen LogP contribution is -2.71. The van der Waals surface area contributed by atoms with E-state index in [1.807, 2.05) is 17.0 Å². The number of nitrogens with zero attached hydrogens (tertiary/aromatic N) is 4. The first-order chi connectivity index (χ1) is 21.8. The number of rotatable bonds is 10. The molecule has 252 valence electrons. The third-order valence-electron chi connectivity index (χ3n) is 11.2. The van der Waals surface area contributed by atoms with Gasteiger partial charge in [0.15, 0.2) is 0 Å². The second kappa shape index (κ2) is 12.4.